The van der Waals surface area contributed by atoms with E-state index < -0.39 is 25.1 Å². The zero-order chi connectivity index (χ0) is 14.9. The Kier molecular flexibility index (Phi) is 4.09. The second-order valence-corrected chi connectivity index (χ2v) is 4.67. The Morgan fingerprint density at radius 2 is 2.20 bits per heavy atom. The molecule has 1 aliphatic heterocycles. The summed E-state index contributed by atoms with van der Waals surface area (Å²) in [5.74, 6) is 0. The molecular formula is C12H10ClF3N2O2. The van der Waals surface area contributed by atoms with Crippen LogP contribution < -0.4 is 4.90 Å². The minimum atomic E-state index is -4.59. The molecule has 1 N–H and O–H groups in total. The third kappa shape index (κ3) is 2.82. The molecule has 2 atom stereocenters. The number of anilines is 1. The van der Waals surface area contributed by atoms with Gasteiger partial charge in [0.05, 0.1) is 17.2 Å². The van der Waals surface area contributed by atoms with Crippen molar-refractivity contribution in [2.75, 3.05) is 18.1 Å². The minimum Gasteiger partial charge on any atom is -0.394 e. The van der Waals surface area contributed by atoms with Crippen LogP contribution in [0.25, 0.3) is 0 Å². The fourth-order valence-electron chi connectivity index (χ4n) is 1.98. The number of alkyl halides is 3. The molecule has 1 aliphatic rings. The average molecular weight is 307 g/mol. The first-order valence-electron chi connectivity index (χ1n) is 5.66. The molecule has 1 aromatic carbocycles. The number of hydrogen-bond donors (Lipinski definition) is 1. The number of halogens is 4. The van der Waals surface area contributed by atoms with Gasteiger partial charge in [-0.05, 0) is 18.2 Å². The Morgan fingerprint density at radius 1 is 1.50 bits per heavy atom. The molecule has 0 amide bonds. The highest BCUT2D eigenvalue weighted by atomic mass is 35.5. The van der Waals surface area contributed by atoms with Crippen molar-refractivity contribution in [3.63, 3.8) is 0 Å². The number of nitriles is 1. The number of ether oxygens (including phenoxy) is 1. The van der Waals surface area contributed by atoms with Gasteiger partial charge in [0.15, 0.2) is 0 Å². The van der Waals surface area contributed by atoms with E-state index in [0.29, 0.717) is 0 Å². The number of aliphatic hydroxyl groups excluding tert-OH is 1. The van der Waals surface area contributed by atoms with Crippen LogP contribution >= 0.6 is 11.6 Å². The molecule has 0 aliphatic carbocycles. The molecule has 1 aromatic rings. The monoisotopic (exact) mass is 306 g/mol. The number of nitrogens with zero attached hydrogens (tertiary/aromatic N) is 2. The highest BCUT2D eigenvalue weighted by Gasteiger charge is 2.50. The SMILES string of the molecule is N#Cc1ccc(N2CC(CO)OC2C(F)(F)F)cc1Cl. The molecule has 2 rings (SSSR count). The molecule has 0 aromatic heterocycles. The third-order valence-corrected chi connectivity index (χ3v) is 3.21. The van der Waals surface area contributed by atoms with E-state index in [1.807, 2.05) is 6.07 Å². The van der Waals surface area contributed by atoms with E-state index in [4.69, 9.17) is 26.7 Å². The summed E-state index contributed by atoms with van der Waals surface area (Å²) in [5, 5.41) is 17.8. The Morgan fingerprint density at radius 3 is 2.70 bits per heavy atom. The molecule has 0 saturated carbocycles. The lowest BCUT2D eigenvalue weighted by Crippen LogP contribution is -2.42. The van der Waals surface area contributed by atoms with Crippen LogP contribution in [-0.2, 0) is 4.74 Å². The molecule has 0 spiro atoms. The van der Waals surface area contributed by atoms with Crippen molar-refractivity contribution in [2.45, 2.75) is 18.5 Å². The third-order valence-electron chi connectivity index (χ3n) is 2.89. The van der Waals surface area contributed by atoms with Crippen molar-refractivity contribution in [3.05, 3.63) is 28.8 Å². The van der Waals surface area contributed by atoms with Gasteiger partial charge >= 0.3 is 6.18 Å². The molecule has 2 unspecified atom stereocenters. The summed E-state index contributed by atoms with van der Waals surface area (Å²) in [6.45, 7) is -0.615. The molecule has 1 fully saturated rings. The second-order valence-electron chi connectivity index (χ2n) is 4.26. The molecule has 1 saturated heterocycles. The van der Waals surface area contributed by atoms with Crippen LogP contribution in [-0.4, -0.2) is 36.8 Å². The molecule has 4 nitrogen and oxygen atoms in total. The van der Waals surface area contributed by atoms with Crippen molar-refractivity contribution >= 4 is 17.3 Å². The van der Waals surface area contributed by atoms with E-state index in [0.717, 1.165) is 4.90 Å². The summed E-state index contributed by atoms with van der Waals surface area (Å²) in [6, 6.07) is 5.82. The summed E-state index contributed by atoms with van der Waals surface area (Å²) in [6.07, 6.45) is -7.65. The van der Waals surface area contributed by atoms with Crippen LogP contribution in [0.1, 0.15) is 5.56 Å². The smallest absolute Gasteiger partial charge is 0.394 e. The van der Waals surface area contributed by atoms with Crippen molar-refractivity contribution in [1.29, 1.82) is 5.26 Å². The Balaban J connectivity index is 2.34. The minimum absolute atomic E-state index is 0.0679. The van der Waals surface area contributed by atoms with Crippen molar-refractivity contribution in [3.8, 4) is 6.07 Å². The number of benzene rings is 1. The quantitative estimate of drug-likeness (QED) is 0.911. The van der Waals surface area contributed by atoms with Gasteiger partial charge in [-0.1, -0.05) is 11.6 Å². The van der Waals surface area contributed by atoms with Gasteiger partial charge in [-0.25, -0.2) is 0 Å². The zero-order valence-corrected chi connectivity index (χ0v) is 10.8. The molecule has 108 valence electrons. The summed E-state index contributed by atoms with van der Waals surface area (Å²) in [5.41, 5.74) is 0.366. The predicted octanol–water partition coefficient (Wildman–Crippen LogP) is 2.30. The highest BCUT2D eigenvalue weighted by molar-refractivity contribution is 6.32. The summed E-state index contributed by atoms with van der Waals surface area (Å²) in [7, 11) is 0. The molecule has 0 radical (unpaired) electrons. The molecule has 20 heavy (non-hydrogen) atoms. The van der Waals surface area contributed by atoms with Crippen molar-refractivity contribution in [1.82, 2.24) is 0 Å². The van der Waals surface area contributed by atoms with Crippen molar-refractivity contribution in [2.24, 2.45) is 0 Å². The van der Waals surface area contributed by atoms with Gasteiger partial charge in [0.1, 0.15) is 12.2 Å². The first-order chi connectivity index (χ1) is 9.36. The number of aliphatic hydroxyl groups is 1. The van der Waals surface area contributed by atoms with E-state index in [1.165, 1.54) is 18.2 Å². The lowest BCUT2D eigenvalue weighted by Gasteiger charge is -2.26. The number of rotatable bonds is 2. The van der Waals surface area contributed by atoms with Gasteiger partial charge in [0.25, 0.3) is 0 Å². The molecular weight excluding hydrogens is 297 g/mol. The van der Waals surface area contributed by atoms with Crippen LogP contribution in [0.3, 0.4) is 0 Å². The van der Waals surface area contributed by atoms with Crippen LogP contribution in [0, 0.1) is 11.3 Å². The first-order valence-corrected chi connectivity index (χ1v) is 6.04. The van der Waals surface area contributed by atoms with E-state index in [9.17, 15) is 13.2 Å². The van der Waals surface area contributed by atoms with E-state index in [1.54, 1.807) is 0 Å². The van der Waals surface area contributed by atoms with Gasteiger partial charge in [0, 0.05) is 12.2 Å². The van der Waals surface area contributed by atoms with E-state index in [-0.39, 0.29) is 22.8 Å². The maximum atomic E-state index is 12.9. The van der Waals surface area contributed by atoms with Gasteiger partial charge in [-0.15, -0.1) is 0 Å². The summed E-state index contributed by atoms with van der Waals surface area (Å²) in [4.78, 5) is 0.966. The normalized spacial score (nSPS) is 22.9. The Labute approximate surface area is 117 Å². The average Bonchev–Trinajstić information content (AvgIpc) is 2.82. The molecule has 0 bridgehead atoms. The van der Waals surface area contributed by atoms with Gasteiger partial charge in [-0.2, -0.15) is 18.4 Å². The second kappa shape index (κ2) is 5.48. The first kappa shape index (κ1) is 14.9. The Bertz CT molecular complexity index is 544. The number of hydrogen-bond acceptors (Lipinski definition) is 4. The van der Waals surface area contributed by atoms with Crippen molar-refractivity contribution < 1.29 is 23.0 Å². The van der Waals surface area contributed by atoms with Gasteiger partial charge in [-0.3, -0.25) is 0 Å². The maximum Gasteiger partial charge on any atom is 0.433 e. The van der Waals surface area contributed by atoms with Crippen LogP contribution in [0.5, 0.6) is 0 Å². The summed E-state index contributed by atoms with van der Waals surface area (Å²) < 4.78 is 43.5. The van der Waals surface area contributed by atoms with Gasteiger partial charge < -0.3 is 14.7 Å². The van der Waals surface area contributed by atoms with E-state index >= 15 is 0 Å². The predicted molar refractivity (Wildman–Crippen MR) is 65.3 cm³/mol. The largest absolute Gasteiger partial charge is 0.433 e. The molecule has 1 heterocycles. The Hall–Kier alpha value is -1.49. The van der Waals surface area contributed by atoms with Crippen LogP contribution in [0.15, 0.2) is 18.2 Å². The van der Waals surface area contributed by atoms with Gasteiger partial charge in [0.2, 0.25) is 6.23 Å². The topological polar surface area (TPSA) is 56.5 Å². The fourth-order valence-corrected chi connectivity index (χ4v) is 2.20. The standard InChI is InChI=1S/C12H10ClF3N2O2/c13-10-3-8(2-1-7(10)4-17)18-5-9(6-19)20-11(18)12(14,15)16/h1-3,9,11,19H,5-6H2. The summed E-state index contributed by atoms with van der Waals surface area (Å²) >= 11 is 5.82. The molecule has 8 heteroatoms. The zero-order valence-electron chi connectivity index (χ0n) is 10.1. The van der Waals surface area contributed by atoms with Crippen LogP contribution in [0.2, 0.25) is 5.02 Å². The maximum absolute atomic E-state index is 12.9. The fraction of sp³-hybridized carbons (Fsp3) is 0.417. The lowest BCUT2D eigenvalue weighted by molar-refractivity contribution is -0.215. The van der Waals surface area contributed by atoms with Crippen LogP contribution in [0.4, 0.5) is 18.9 Å². The lowest BCUT2D eigenvalue weighted by atomic mass is 10.2. The highest BCUT2D eigenvalue weighted by Crippen LogP contribution is 2.36. The van der Waals surface area contributed by atoms with E-state index in [2.05, 4.69) is 0 Å².